The summed E-state index contributed by atoms with van der Waals surface area (Å²) in [4.78, 5) is 34.2. The summed E-state index contributed by atoms with van der Waals surface area (Å²) in [5.41, 5.74) is 2.27. The zero-order chi connectivity index (χ0) is 21.1. The van der Waals surface area contributed by atoms with Gasteiger partial charge in [-0.15, -0.1) is 0 Å². The maximum Gasteiger partial charge on any atom is 0.272 e. The van der Waals surface area contributed by atoms with Crippen LogP contribution in [0.2, 0.25) is 0 Å². The maximum atomic E-state index is 12.7. The van der Waals surface area contributed by atoms with E-state index in [4.69, 9.17) is 4.74 Å². The molecule has 0 aromatic carbocycles. The number of rotatable bonds is 7. The Hall–Kier alpha value is -3.14. The van der Waals surface area contributed by atoms with Crippen LogP contribution >= 0.6 is 0 Å². The van der Waals surface area contributed by atoms with E-state index in [2.05, 4.69) is 15.3 Å². The normalized spacial score (nSPS) is 14.1. The molecule has 1 unspecified atom stereocenters. The lowest BCUT2D eigenvalue weighted by atomic mass is 10.1. The zero-order valence-electron chi connectivity index (χ0n) is 15.9. The number of alkyl halides is 2. The molecule has 3 heterocycles. The third kappa shape index (κ3) is 4.65. The first kappa shape index (κ1) is 20.6. The Balaban J connectivity index is 1.74. The van der Waals surface area contributed by atoms with E-state index >= 15 is 0 Å². The van der Waals surface area contributed by atoms with Crippen LogP contribution in [-0.2, 0) is 17.9 Å². The molecule has 0 aliphatic carbocycles. The molecule has 3 rings (SSSR count). The highest BCUT2D eigenvalue weighted by atomic mass is 19.3. The van der Waals surface area contributed by atoms with Crippen LogP contribution in [0.15, 0.2) is 24.5 Å². The van der Waals surface area contributed by atoms with Gasteiger partial charge in [-0.3, -0.25) is 9.59 Å². The van der Waals surface area contributed by atoms with Crippen molar-refractivity contribution >= 4 is 17.6 Å². The summed E-state index contributed by atoms with van der Waals surface area (Å²) in [6, 6.07) is 3.29. The van der Waals surface area contributed by atoms with Crippen molar-refractivity contribution in [2.24, 2.45) is 0 Å². The fourth-order valence-corrected chi connectivity index (χ4v) is 2.96. The van der Waals surface area contributed by atoms with Crippen LogP contribution in [-0.4, -0.2) is 50.9 Å². The molecule has 2 N–H and O–H groups in total. The quantitative estimate of drug-likeness (QED) is 0.728. The van der Waals surface area contributed by atoms with Crippen molar-refractivity contribution in [3.05, 3.63) is 46.8 Å². The van der Waals surface area contributed by atoms with Gasteiger partial charge in [0.05, 0.1) is 6.54 Å². The highest BCUT2D eigenvalue weighted by molar-refractivity contribution is 6.01. The number of aliphatic hydroxyl groups is 1. The Labute approximate surface area is 165 Å². The van der Waals surface area contributed by atoms with Crippen LogP contribution in [0.1, 0.15) is 34.0 Å². The van der Waals surface area contributed by atoms with Gasteiger partial charge in [0.15, 0.2) is 6.61 Å². The number of aliphatic hydroxyl groups excluding tert-OH is 1. The minimum Gasteiger partial charge on any atom is -0.471 e. The molecule has 1 atom stereocenters. The van der Waals surface area contributed by atoms with E-state index in [9.17, 15) is 23.5 Å². The van der Waals surface area contributed by atoms with Crippen LogP contribution < -0.4 is 10.1 Å². The molecule has 2 aromatic rings. The van der Waals surface area contributed by atoms with Crippen LogP contribution in [0.5, 0.6) is 5.88 Å². The molecule has 0 fully saturated rings. The summed E-state index contributed by atoms with van der Waals surface area (Å²) in [5, 5.41) is 11.9. The Morgan fingerprint density at radius 2 is 2.17 bits per heavy atom. The minimum absolute atomic E-state index is 0.123. The van der Waals surface area contributed by atoms with Gasteiger partial charge in [-0.25, -0.2) is 18.7 Å². The molecule has 2 aromatic heterocycles. The number of anilines is 1. The number of amides is 2. The van der Waals surface area contributed by atoms with Gasteiger partial charge in [-0.1, -0.05) is 0 Å². The van der Waals surface area contributed by atoms with Gasteiger partial charge in [0, 0.05) is 35.6 Å². The lowest BCUT2D eigenvalue weighted by Gasteiger charge is -2.17. The van der Waals surface area contributed by atoms with Crippen LogP contribution in [0.25, 0.3) is 0 Å². The highest BCUT2D eigenvalue weighted by Gasteiger charge is 2.31. The molecular weight excluding hydrogens is 386 g/mol. The van der Waals surface area contributed by atoms with Crippen molar-refractivity contribution in [1.29, 1.82) is 0 Å². The number of carbonyl (C=O) groups excluding carboxylic acids is 2. The van der Waals surface area contributed by atoms with E-state index < -0.39 is 25.0 Å². The number of carbonyl (C=O) groups is 2. The fourth-order valence-electron chi connectivity index (χ4n) is 2.96. The van der Waals surface area contributed by atoms with E-state index in [1.807, 2.05) is 0 Å². The highest BCUT2D eigenvalue weighted by Crippen LogP contribution is 2.29. The Bertz CT molecular complexity index is 936. The third-order valence-corrected chi connectivity index (χ3v) is 4.35. The molecule has 154 valence electrons. The van der Waals surface area contributed by atoms with Crippen molar-refractivity contribution in [3.8, 4) is 5.88 Å². The standard InChI is InChI=1S/C19H20F2N4O4/c1-10-5-12(6-23-18(10)29-9-15(20)21)7-25-8-14-13(19(25)28)3-4-22-16(14)24-17(27)11(2)26/h3-6,11,15,26H,7-9H2,1-2H3,(H,22,24,27). The average molecular weight is 406 g/mol. The van der Waals surface area contributed by atoms with Gasteiger partial charge in [-0.05, 0) is 31.5 Å². The predicted molar refractivity (Wildman–Crippen MR) is 98.6 cm³/mol. The van der Waals surface area contributed by atoms with Gasteiger partial charge in [0.1, 0.15) is 11.9 Å². The minimum atomic E-state index is -2.59. The summed E-state index contributed by atoms with van der Waals surface area (Å²) in [5.74, 6) is -0.492. The number of ether oxygens (including phenoxy) is 1. The second-order valence-corrected chi connectivity index (χ2v) is 6.68. The summed E-state index contributed by atoms with van der Waals surface area (Å²) in [7, 11) is 0. The van der Waals surface area contributed by atoms with E-state index in [1.165, 1.54) is 19.3 Å². The molecule has 2 amide bonds. The molecule has 0 spiro atoms. The molecule has 0 saturated carbocycles. The predicted octanol–water partition coefficient (Wildman–Crippen LogP) is 1.90. The monoisotopic (exact) mass is 406 g/mol. The smallest absolute Gasteiger partial charge is 0.272 e. The van der Waals surface area contributed by atoms with E-state index in [0.717, 1.165) is 0 Å². The lowest BCUT2D eigenvalue weighted by molar-refractivity contribution is -0.123. The number of hydrogen-bond acceptors (Lipinski definition) is 6. The van der Waals surface area contributed by atoms with Crippen molar-refractivity contribution in [2.75, 3.05) is 11.9 Å². The number of nitrogens with zero attached hydrogens (tertiary/aromatic N) is 3. The number of fused-ring (bicyclic) bond motifs is 1. The molecule has 1 aliphatic rings. The molecule has 29 heavy (non-hydrogen) atoms. The third-order valence-electron chi connectivity index (χ3n) is 4.35. The molecule has 8 nitrogen and oxygen atoms in total. The zero-order valence-corrected chi connectivity index (χ0v) is 15.9. The first-order chi connectivity index (χ1) is 13.8. The molecule has 1 aliphatic heterocycles. The Kier molecular flexibility index (Phi) is 6.02. The molecule has 0 radical (unpaired) electrons. The van der Waals surface area contributed by atoms with Crippen LogP contribution in [0, 0.1) is 6.92 Å². The van der Waals surface area contributed by atoms with Crippen LogP contribution in [0.4, 0.5) is 14.6 Å². The second-order valence-electron chi connectivity index (χ2n) is 6.68. The van der Waals surface area contributed by atoms with Crippen molar-refractivity contribution < 1.29 is 28.2 Å². The number of aromatic nitrogens is 2. The first-order valence-corrected chi connectivity index (χ1v) is 8.88. The summed E-state index contributed by atoms with van der Waals surface area (Å²) in [6.45, 7) is 2.74. The fraction of sp³-hybridized carbons (Fsp3) is 0.368. The van der Waals surface area contributed by atoms with Crippen molar-refractivity contribution in [2.45, 2.75) is 39.5 Å². The molecule has 0 saturated heterocycles. The molecule has 0 bridgehead atoms. The van der Waals surface area contributed by atoms with Gasteiger partial charge < -0.3 is 20.1 Å². The summed E-state index contributed by atoms with van der Waals surface area (Å²) >= 11 is 0. The van der Waals surface area contributed by atoms with Gasteiger partial charge in [0.2, 0.25) is 5.88 Å². The second kappa shape index (κ2) is 8.48. The SMILES string of the molecule is Cc1cc(CN2Cc3c(ccnc3NC(=O)C(C)O)C2=O)cnc1OCC(F)F. The van der Waals surface area contributed by atoms with Gasteiger partial charge in [0.25, 0.3) is 18.2 Å². The lowest BCUT2D eigenvalue weighted by Crippen LogP contribution is -2.26. The Morgan fingerprint density at radius 3 is 2.83 bits per heavy atom. The van der Waals surface area contributed by atoms with Gasteiger partial charge in [-0.2, -0.15) is 0 Å². The van der Waals surface area contributed by atoms with Crippen LogP contribution in [0.3, 0.4) is 0 Å². The number of hydrogen-bond donors (Lipinski definition) is 2. The average Bonchev–Trinajstić information content (AvgIpc) is 2.98. The van der Waals surface area contributed by atoms with Crippen molar-refractivity contribution in [1.82, 2.24) is 14.9 Å². The summed E-state index contributed by atoms with van der Waals surface area (Å²) < 4.78 is 29.5. The van der Waals surface area contributed by atoms with E-state index in [0.29, 0.717) is 22.3 Å². The Morgan fingerprint density at radius 1 is 1.41 bits per heavy atom. The number of halogens is 2. The van der Waals surface area contributed by atoms with Crippen molar-refractivity contribution in [3.63, 3.8) is 0 Å². The maximum absolute atomic E-state index is 12.7. The number of pyridine rings is 2. The molecule has 10 heteroatoms. The molecular formula is C19H20F2N4O4. The number of aryl methyl sites for hydroxylation is 1. The first-order valence-electron chi connectivity index (χ1n) is 8.88. The van der Waals surface area contributed by atoms with E-state index in [1.54, 1.807) is 24.0 Å². The number of nitrogens with one attached hydrogen (secondary N) is 1. The van der Waals surface area contributed by atoms with E-state index in [-0.39, 0.29) is 30.7 Å². The summed E-state index contributed by atoms with van der Waals surface area (Å²) in [6.07, 6.45) is -0.911. The van der Waals surface area contributed by atoms with Gasteiger partial charge >= 0.3 is 0 Å². The topological polar surface area (TPSA) is 105 Å². The largest absolute Gasteiger partial charge is 0.471 e.